The van der Waals surface area contributed by atoms with Gasteiger partial charge in [0.05, 0.1) is 24.0 Å². The summed E-state index contributed by atoms with van der Waals surface area (Å²) in [6, 6.07) is 0. The second-order valence-electron chi connectivity index (χ2n) is 4.20. The number of hydrazine groups is 2. The molecule has 3 fully saturated rings. The van der Waals surface area contributed by atoms with Crippen LogP contribution in [0.25, 0.3) is 0 Å². The summed E-state index contributed by atoms with van der Waals surface area (Å²) in [5.74, 6) is 8.09. The van der Waals surface area contributed by atoms with E-state index in [0.717, 1.165) is 0 Å². The third kappa shape index (κ3) is 1.07. The molecule has 0 aromatic heterocycles. The molecule has 0 radical (unpaired) electrons. The lowest BCUT2D eigenvalue weighted by Crippen LogP contribution is -2.52. The Hall–Kier alpha value is -1.22. The second kappa shape index (κ2) is 3.14. The number of hydrogen-bond acceptors (Lipinski definition) is 6. The molecule has 0 aromatic rings. The first-order valence-corrected chi connectivity index (χ1v) is 5.01. The van der Waals surface area contributed by atoms with Gasteiger partial charge in [0.2, 0.25) is 11.8 Å². The summed E-state index contributed by atoms with van der Waals surface area (Å²) >= 11 is 0. The van der Waals surface area contributed by atoms with Gasteiger partial charge in [0.25, 0.3) is 0 Å². The summed E-state index contributed by atoms with van der Waals surface area (Å²) in [7, 11) is 0. The number of carbonyl (C=O) groups excluding carboxylic acids is 2. The average Bonchev–Trinajstić information content (AvgIpc) is 2.93. The number of epoxide rings is 1. The van der Waals surface area contributed by atoms with E-state index in [2.05, 4.69) is 0 Å². The quantitative estimate of drug-likeness (QED) is 0.170. The van der Waals surface area contributed by atoms with Gasteiger partial charge in [-0.05, 0) is 0 Å². The van der Waals surface area contributed by atoms with Gasteiger partial charge in [-0.1, -0.05) is 0 Å². The smallest absolute Gasteiger partial charge is 0.240 e. The highest BCUT2D eigenvalue weighted by molar-refractivity contribution is 5.89. The Labute approximate surface area is 90.5 Å². The summed E-state index contributed by atoms with van der Waals surface area (Å²) in [6.07, 6.45) is -0.926. The monoisotopic (exact) mass is 228 g/mol. The SMILES string of the molecule is NNC(=O)[C@@H]1[C@@H]2O[C@H]([C@H]3O[C@H]32)[C@H]1C(=O)NN. The van der Waals surface area contributed by atoms with E-state index in [1.165, 1.54) is 0 Å². The van der Waals surface area contributed by atoms with Crippen LogP contribution in [-0.4, -0.2) is 36.2 Å². The number of fused-ring (bicyclic) bond motifs is 5. The maximum absolute atomic E-state index is 11.6. The first kappa shape index (κ1) is 9.97. The maximum Gasteiger partial charge on any atom is 0.240 e. The Kier molecular flexibility index (Phi) is 1.96. The fourth-order valence-electron chi connectivity index (χ4n) is 2.80. The van der Waals surface area contributed by atoms with Crippen LogP contribution in [-0.2, 0) is 19.1 Å². The van der Waals surface area contributed by atoms with Crippen LogP contribution in [0.15, 0.2) is 0 Å². The number of hydrogen-bond donors (Lipinski definition) is 4. The molecule has 2 amide bonds. The Morgan fingerprint density at radius 2 is 1.19 bits per heavy atom. The molecule has 6 atom stereocenters. The first-order valence-electron chi connectivity index (χ1n) is 5.01. The van der Waals surface area contributed by atoms with E-state index in [4.69, 9.17) is 21.2 Å². The van der Waals surface area contributed by atoms with Crippen molar-refractivity contribution in [2.75, 3.05) is 0 Å². The van der Waals surface area contributed by atoms with Crippen LogP contribution in [0.2, 0.25) is 0 Å². The van der Waals surface area contributed by atoms with Crippen molar-refractivity contribution in [3.05, 3.63) is 0 Å². The summed E-state index contributed by atoms with van der Waals surface area (Å²) in [4.78, 5) is 23.2. The number of nitrogens with one attached hydrogen (secondary N) is 2. The van der Waals surface area contributed by atoms with Crippen molar-refractivity contribution >= 4 is 11.8 Å². The molecule has 0 unspecified atom stereocenters. The first-order chi connectivity index (χ1) is 7.69. The average molecular weight is 228 g/mol. The lowest BCUT2D eigenvalue weighted by atomic mass is 9.78. The molecular formula is C8H12N4O4. The minimum absolute atomic E-state index is 0.0749. The molecule has 0 aromatic carbocycles. The number of rotatable bonds is 2. The van der Waals surface area contributed by atoms with E-state index in [-0.39, 0.29) is 24.4 Å². The highest BCUT2D eigenvalue weighted by atomic mass is 16.7. The molecule has 3 aliphatic rings. The third-order valence-corrected chi connectivity index (χ3v) is 3.51. The van der Waals surface area contributed by atoms with Crippen molar-refractivity contribution in [3.63, 3.8) is 0 Å². The Morgan fingerprint density at radius 1 is 0.812 bits per heavy atom. The molecule has 0 spiro atoms. The highest BCUT2D eigenvalue weighted by Gasteiger charge is 2.72. The van der Waals surface area contributed by atoms with Crippen LogP contribution >= 0.6 is 0 Å². The third-order valence-electron chi connectivity index (χ3n) is 3.51. The minimum atomic E-state index is -0.623. The van der Waals surface area contributed by atoms with Gasteiger partial charge in [0, 0.05) is 0 Å². The van der Waals surface area contributed by atoms with Gasteiger partial charge >= 0.3 is 0 Å². The number of carbonyl (C=O) groups is 2. The second-order valence-corrected chi connectivity index (χ2v) is 4.20. The molecule has 0 aliphatic carbocycles. The minimum Gasteiger partial charge on any atom is -0.368 e. The fourth-order valence-corrected chi connectivity index (χ4v) is 2.80. The lowest BCUT2D eigenvalue weighted by molar-refractivity contribution is -0.134. The van der Waals surface area contributed by atoms with E-state index < -0.39 is 23.7 Å². The number of nitrogens with two attached hydrogens (primary N) is 2. The van der Waals surface area contributed by atoms with Crippen LogP contribution in [0, 0.1) is 11.8 Å². The van der Waals surface area contributed by atoms with Gasteiger partial charge in [-0.15, -0.1) is 0 Å². The zero-order chi connectivity index (χ0) is 11.4. The number of ether oxygens (including phenoxy) is 2. The maximum atomic E-state index is 11.6. The van der Waals surface area contributed by atoms with E-state index >= 15 is 0 Å². The summed E-state index contributed by atoms with van der Waals surface area (Å²) in [5.41, 5.74) is 4.09. The van der Waals surface area contributed by atoms with Gasteiger partial charge in [0.15, 0.2) is 0 Å². The van der Waals surface area contributed by atoms with Crippen molar-refractivity contribution in [1.82, 2.24) is 10.9 Å². The predicted octanol–water partition coefficient (Wildman–Crippen LogP) is -3.25. The van der Waals surface area contributed by atoms with Gasteiger partial charge in [-0.25, -0.2) is 11.7 Å². The zero-order valence-corrected chi connectivity index (χ0v) is 8.25. The molecular weight excluding hydrogens is 216 g/mol. The molecule has 3 saturated heterocycles. The van der Waals surface area contributed by atoms with Crippen molar-refractivity contribution < 1.29 is 19.1 Å². The van der Waals surface area contributed by atoms with Crippen molar-refractivity contribution in [3.8, 4) is 0 Å². The van der Waals surface area contributed by atoms with E-state index in [9.17, 15) is 9.59 Å². The molecule has 3 aliphatic heterocycles. The van der Waals surface area contributed by atoms with Crippen LogP contribution in [0.1, 0.15) is 0 Å². The largest absolute Gasteiger partial charge is 0.368 e. The molecule has 2 bridgehead atoms. The van der Waals surface area contributed by atoms with Crippen molar-refractivity contribution in [2.45, 2.75) is 24.4 Å². The normalized spacial score (nSPS) is 47.4. The van der Waals surface area contributed by atoms with Crippen LogP contribution < -0.4 is 22.5 Å². The number of amides is 2. The zero-order valence-electron chi connectivity index (χ0n) is 8.25. The topological polar surface area (TPSA) is 132 Å². The van der Waals surface area contributed by atoms with Gasteiger partial charge in [-0.3, -0.25) is 20.4 Å². The van der Waals surface area contributed by atoms with E-state index in [1.54, 1.807) is 0 Å². The Bertz CT molecular complexity index is 330. The van der Waals surface area contributed by atoms with E-state index in [0.29, 0.717) is 0 Å². The predicted molar refractivity (Wildman–Crippen MR) is 49.0 cm³/mol. The van der Waals surface area contributed by atoms with Crippen LogP contribution in [0.3, 0.4) is 0 Å². The van der Waals surface area contributed by atoms with Crippen LogP contribution in [0.4, 0.5) is 0 Å². The highest BCUT2D eigenvalue weighted by Crippen LogP contribution is 2.53. The fraction of sp³-hybridized carbons (Fsp3) is 0.750. The molecule has 8 heteroatoms. The van der Waals surface area contributed by atoms with Gasteiger partial charge in [0.1, 0.15) is 12.2 Å². The molecule has 3 rings (SSSR count). The van der Waals surface area contributed by atoms with E-state index in [1.807, 2.05) is 10.9 Å². The standard InChI is InChI=1S/C8H12N4O4/c9-11-7(13)1-2(8(14)12-10)4-6-5(16-6)3(1)15-4/h1-6H,9-10H2,(H,11,13)(H,12,14)/t1-,2-,3-,4-,5-,6+/m0/s1. The molecule has 6 N–H and O–H groups in total. The Morgan fingerprint density at radius 3 is 1.56 bits per heavy atom. The molecule has 0 saturated carbocycles. The molecule has 16 heavy (non-hydrogen) atoms. The molecule has 88 valence electrons. The summed E-state index contributed by atoms with van der Waals surface area (Å²) < 4.78 is 10.9. The Balaban J connectivity index is 1.89. The van der Waals surface area contributed by atoms with Crippen LogP contribution in [0.5, 0.6) is 0 Å². The summed E-state index contributed by atoms with van der Waals surface area (Å²) in [5, 5.41) is 0. The van der Waals surface area contributed by atoms with Gasteiger partial charge < -0.3 is 9.47 Å². The van der Waals surface area contributed by atoms with Crippen molar-refractivity contribution in [2.24, 2.45) is 23.5 Å². The lowest BCUT2D eigenvalue weighted by Gasteiger charge is -2.22. The molecule has 8 nitrogen and oxygen atoms in total. The summed E-state index contributed by atoms with van der Waals surface area (Å²) in [6.45, 7) is 0. The van der Waals surface area contributed by atoms with Gasteiger partial charge in [-0.2, -0.15) is 0 Å². The molecule has 3 heterocycles. The van der Waals surface area contributed by atoms with Crippen molar-refractivity contribution in [1.29, 1.82) is 0 Å².